The molecule has 0 aliphatic heterocycles. The number of aryl methyl sites for hydroxylation is 1. The average Bonchev–Trinajstić information content (AvgIpc) is 2.80. The zero-order valence-electron chi connectivity index (χ0n) is 11.8. The Kier molecular flexibility index (Phi) is 6.80. The highest BCUT2D eigenvalue weighted by atomic mass is 32.1. The van der Waals surface area contributed by atoms with Crippen molar-refractivity contribution in [2.45, 2.75) is 26.7 Å². The van der Waals surface area contributed by atoms with Crippen LogP contribution in [0, 0.1) is 5.92 Å². The zero-order chi connectivity index (χ0) is 14.3. The highest BCUT2D eigenvalue weighted by Gasteiger charge is 2.13. The van der Waals surface area contributed by atoms with Gasteiger partial charge in [0.15, 0.2) is 5.13 Å². The van der Waals surface area contributed by atoms with Gasteiger partial charge in [0.1, 0.15) is 0 Å². The first-order chi connectivity index (χ1) is 9.02. The van der Waals surface area contributed by atoms with E-state index in [1.807, 2.05) is 5.38 Å². The van der Waals surface area contributed by atoms with Gasteiger partial charge in [-0.15, -0.1) is 11.3 Å². The molecule has 0 radical (unpaired) electrons. The van der Waals surface area contributed by atoms with E-state index in [1.54, 1.807) is 18.4 Å². The first-order valence-corrected chi connectivity index (χ1v) is 7.31. The van der Waals surface area contributed by atoms with Crippen LogP contribution in [0.25, 0.3) is 0 Å². The van der Waals surface area contributed by atoms with Crippen LogP contribution in [0.4, 0.5) is 5.13 Å². The molecule has 5 nitrogen and oxygen atoms in total. The molecule has 1 N–H and O–H groups in total. The van der Waals surface area contributed by atoms with Gasteiger partial charge in [0.05, 0.1) is 18.7 Å². The van der Waals surface area contributed by atoms with Crippen LogP contribution in [-0.2, 0) is 16.0 Å². The molecule has 1 heterocycles. The molecule has 1 aromatic heterocycles. The van der Waals surface area contributed by atoms with E-state index in [2.05, 4.69) is 23.7 Å². The predicted octanol–water partition coefficient (Wildman–Crippen LogP) is 2.27. The molecule has 0 saturated heterocycles. The Morgan fingerprint density at radius 3 is 2.89 bits per heavy atom. The lowest BCUT2D eigenvalue weighted by Crippen LogP contribution is -2.30. The number of hydrogen-bond donors (Lipinski definition) is 1. The lowest BCUT2D eigenvalue weighted by Gasteiger charge is -2.23. The second kappa shape index (κ2) is 8.12. The van der Waals surface area contributed by atoms with E-state index >= 15 is 0 Å². The van der Waals surface area contributed by atoms with Crippen LogP contribution < -0.4 is 4.90 Å². The fourth-order valence-corrected chi connectivity index (χ4v) is 2.60. The number of rotatable bonds is 9. The zero-order valence-corrected chi connectivity index (χ0v) is 12.6. The summed E-state index contributed by atoms with van der Waals surface area (Å²) in [5, 5.41) is 11.6. The minimum absolute atomic E-state index is 0.130. The van der Waals surface area contributed by atoms with Gasteiger partial charge in [0, 0.05) is 32.0 Å². The molecule has 0 aliphatic carbocycles. The predicted molar refractivity (Wildman–Crippen MR) is 77.0 cm³/mol. The Labute approximate surface area is 118 Å². The molecule has 0 amide bonds. The van der Waals surface area contributed by atoms with Gasteiger partial charge >= 0.3 is 5.97 Å². The number of anilines is 1. The number of thiazole rings is 1. The molecule has 0 aliphatic rings. The molecular weight excluding hydrogens is 264 g/mol. The number of hydrogen-bond acceptors (Lipinski definition) is 5. The van der Waals surface area contributed by atoms with Gasteiger partial charge in [0.2, 0.25) is 0 Å². The van der Waals surface area contributed by atoms with Crippen molar-refractivity contribution >= 4 is 22.4 Å². The standard InChI is InChI=1S/C13H22N2O3S/c1-10(2)8-15(6-7-18-3)13-14-11(9-19-13)4-5-12(16)17/h9-10H,4-8H2,1-3H3,(H,16,17). The molecule has 0 bridgehead atoms. The summed E-state index contributed by atoms with van der Waals surface area (Å²) in [7, 11) is 1.69. The minimum Gasteiger partial charge on any atom is -0.481 e. The van der Waals surface area contributed by atoms with Crippen LogP contribution in [0.3, 0.4) is 0 Å². The summed E-state index contributed by atoms with van der Waals surface area (Å²) in [5.74, 6) is -0.240. The molecule has 0 atom stereocenters. The van der Waals surface area contributed by atoms with E-state index in [0.29, 0.717) is 18.9 Å². The molecule has 0 saturated carbocycles. The van der Waals surface area contributed by atoms with E-state index in [0.717, 1.165) is 23.9 Å². The molecule has 1 rings (SSSR count). The number of carboxylic acid groups (broad SMARTS) is 1. The molecule has 19 heavy (non-hydrogen) atoms. The Hall–Kier alpha value is -1.14. The molecule has 1 aromatic rings. The highest BCUT2D eigenvalue weighted by molar-refractivity contribution is 7.13. The van der Waals surface area contributed by atoms with Crippen molar-refractivity contribution in [1.29, 1.82) is 0 Å². The molecule has 0 aromatic carbocycles. The molecule has 108 valence electrons. The van der Waals surface area contributed by atoms with Crippen LogP contribution in [0.2, 0.25) is 0 Å². The number of carbonyl (C=O) groups is 1. The van der Waals surface area contributed by atoms with Crippen LogP contribution in [0.5, 0.6) is 0 Å². The van der Waals surface area contributed by atoms with Gasteiger partial charge in [-0.05, 0) is 5.92 Å². The van der Waals surface area contributed by atoms with E-state index in [4.69, 9.17) is 9.84 Å². The summed E-state index contributed by atoms with van der Waals surface area (Å²) in [6, 6.07) is 0. The van der Waals surface area contributed by atoms with Gasteiger partial charge in [-0.1, -0.05) is 13.8 Å². The number of ether oxygens (including phenoxy) is 1. The fraction of sp³-hybridized carbons (Fsp3) is 0.692. The monoisotopic (exact) mass is 286 g/mol. The highest BCUT2D eigenvalue weighted by Crippen LogP contribution is 2.22. The second-order valence-corrected chi connectivity index (χ2v) is 5.68. The topological polar surface area (TPSA) is 62.7 Å². The third-order valence-corrected chi connectivity index (χ3v) is 3.51. The Morgan fingerprint density at radius 2 is 2.32 bits per heavy atom. The quantitative estimate of drug-likeness (QED) is 0.754. The van der Waals surface area contributed by atoms with Crippen LogP contribution in [0.1, 0.15) is 26.0 Å². The summed E-state index contributed by atoms with van der Waals surface area (Å²) in [6.07, 6.45) is 0.622. The SMILES string of the molecule is COCCN(CC(C)C)c1nc(CCC(=O)O)cs1. The van der Waals surface area contributed by atoms with E-state index in [1.165, 1.54) is 0 Å². The maximum atomic E-state index is 10.5. The van der Waals surface area contributed by atoms with Crippen molar-refractivity contribution in [3.63, 3.8) is 0 Å². The molecule has 0 unspecified atom stereocenters. The van der Waals surface area contributed by atoms with Gasteiger partial charge in [-0.25, -0.2) is 4.98 Å². The summed E-state index contributed by atoms with van der Waals surface area (Å²) in [5.41, 5.74) is 0.855. The van der Waals surface area contributed by atoms with Crippen molar-refractivity contribution in [1.82, 2.24) is 4.98 Å². The smallest absolute Gasteiger partial charge is 0.303 e. The Bertz CT molecular complexity index is 393. The fourth-order valence-electron chi connectivity index (χ4n) is 1.70. The van der Waals surface area contributed by atoms with Gasteiger partial charge < -0.3 is 14.7 Å². The van der Waals surface area contributed by atoms with E-state index < -0.39 is 5.97 Å². The van der Waals surface area contributed by atoms with Crippen LogP contribution in [0.15, 0.2) is 5.38 Å². The Morgan fingerprint density at radius 1 is 1.58 bits per heavy atom. The molecule has 0 spiro atoms. The van der Waals surface area contributed by atoms with Crippen molar-refractivity contribution < 1.29 is 14.6 Å². The van der Waals surface area contributed by atoms with Crippen molar-refractivity contribution in [2.24, 2.45) is 5.92 Å². The molecule has 0 fully saturated rings. The van der Waals surface area contributed by atoms with Crippen LogP contribution in [-0.4, -0.2) is 42.9 Å². The number of aliphatic carboxylic acids is 1. The third kappa shape index (κ3) is 6.02. The van der Waals surface area contributed by atoms with E-state index in [-0.39, 0.29) is 6.42 Å². The average molecular weight is 286 g/mol. The van der Waals surface area contributed by atoms with Crippen LogP contribution >= 0.6 is 11.3 Å². The maximum Gasteiger partial charge on any atom is 0.303 e. The molecular formula is C13H22N2O3S. The number of carboxylic acids is 1. The lowest BCUT2D eigenvalue weighted by atomic mass is 10.2. The lowest BCUT2D eigenvalue weighted by molar-refractivity contribution is -0.136. The third-order valence-electron chi connectivity index (χ3n) is 2.56. The number of aromatic nitrogens is 1. The van der Waals surface area contributed by atoms with Crippen molar-refractivity contribution in [3.05, 3.63) is 11.1 Å². The van der Waals surface area contributed by atoms with Gasteiger partial charge in [-0.3, -0.25) is 4.79 Å². The Balaban J connectivity index is 2.64. The van der Waals surface area contributed by atoms with Crippen molar-refractivity contribution in [2.75, 3.05) is 31.7 Å². The summed E-state index contributed by atoms with van der Waals surface area (Å²) >= 11 is 1.57. The maximum absolute atomic E-state index is 10.5. The first-order valence-electron chi connectivity index (χ1n) is 6.43. The molecule has 6 heteroatoms. The van der Waals surface area contributed by atoms with E-state index in [9.17, 15) is 4.79 Å². The summed E-state index contributed by atoms with van der Waals surface area (Å²) in [4.78, 5) is 17.3. The number of methoxy groups -OCH3 is 1. The second-order valence-electron chi connectivity index (χ2n) is 4.85. The largest absolute Gasteiger partial charge is 0.481 e. The normalized spacial score (nSPS) is 10.9. The number of nitrogens with zero attached hydrogens (tertiary/aromatic N) is 2. The summed E-state index contributed by atoms with van der Waals surface area (Å²) < 4.78 is 5.12. The van der Waals surface area contributed by atoms with Crippen molar-refractivity contribution in [3.8, 4) is 0 Å². The summed E-state index contributed by atoms with van der Waals surface area (Å²) in [6.45, 7) is 6.73. The van der Waals surface area contributed by atoms with Gasteiger partial charge in [0.25, 0.3) is 0 Å². The first kappa shape index (κ1) is 15.9. The minimum atomic E-state index is -0.784. The van der Waals surface area contributed by atoms with Gasteiger partial charge in [-0.2, -0.15) is 0 Å².